The van der Waals surface area contributed by atoms with Gasteiger partial charge in [0.1, 0.15) is 5.75 Å². The van der Waals surface area contributed by atoms with Gasteiger partial charge in [0.25, 0.3) is 5.56 Å². The number of ether oxygens (including phenoxy) is 1. The van der Waals surface area contributed by atoms with E-state index >= 15 is 0 Å². The molecule has 162 valence electrons. The topological polar surface area (TPSA) is 60.3 Å². The van der Waals surface area contributed by atoms with Crippen molar-refractivity contribution in [2.75, 3.05) is 13.7 Å². The minimum atomic E-state index is -0.0438. The molecule has 2 aliphatic rings. The summed E-state index contributed by atoms with van der Waals surface area (Å²) in [6.07, 6.45) is 10.4. The molecule has 0 radical (unpaired) electrons. The average molecular weight is 411 g/mol. The van der Waals surface area contributed by atoms with Crippen molar-refractivity contribution in [2.45, 2.75) is 76.7 Å². The zero-order valence-electron chi connectivity index (χ0n) is 18.3. The van der Waals surface area contributed by atoms with Crippen molar-refractivity contribution in [1.29, 1.82) is 0 Å². The summed E-state index contributed by atoms with van der Waals surface area (Å²) >= 11 is 0. The molecule has 2 aromatic rings. The second-order valence-corrected chi connectivity index (χ2v) is 9.08. The molecule has 0 aliphatic heterocycles. The molecular formula is C25H34N2O3. The Hall–Kier alpha value is -2.30. The molecule has 1 aromatic carbocycles. The number of fused-ring (bicyclic) bond motifs is 1. The van der Waals surface area contributed by atoms with E-state index in [0.29, 0.717) is 18.4 Å². The van der Waals surface area contributed by atoms with Crippen LogP contribution in [0.15, 0.2) is 29.1 Å². The number of amides is 1. The van der Waals surface area contributed by atoms with Gasteiger partial charge < -0.3 is 14.6 Å². The first-order valence-electron chi connectivity index (χ1n) is 11.6. The molecule has 4 rings (SSSR count). The number of pyridine rings is 1. The van der Waals surface area contributed by atoms with Crippen LogP contribution < -0.4 is 15.6 Å². The van der Waals surface area contributed by atoms with Crippen molar-refractivity contribution in [2.24, 2.45) is 5.92 Å². The fraction of sp³-hybridized carbons (Fsp3) is 0.600. The van der Waals surface area contributed by atoms with Crippen LogP contribution in [0.25, 0.3) is 10.9 Å². The van der Waals surface area contributed by atoms with Crippen LogP contribution in [0.2, 0.25) is 0 Å². The zero-order chi connectivity index (χ0) is 21.1. The Kier molecular flexibility index (Phi) is 6.45. The minimum absolute atomic E-state index is 0.0299. The molecule has 5 heteroatoms. The van der Waals surface area contributed by atoms with Crippen molar-refractivity contribution in [1.82, 2.24) is 9.88 Å². The number of carbonyl (C=O) groups is 1. The standard InChI is InChI=1S/C25H34N2O3/c1-17(28)26-16-24(19-10-4-3-5-11-19)27-23-15-21(30-2)13-12-20(23)14-22(25(27)29)18-8-6-7-9-18/h12-15,18-19,24H,3-11,16H2,1-2H3,(H,26,28). The minimum Gasteiger partial charge on any atom is -0.497 e. The van der Waals surface area contributed by atoms with Crippen LogP contribution in [0.4, 0.5) is 0 Å². The molecule has 2 fully saturated rings. The van der Waals surface area contributed by atoms with E-state index in [1.807, 2.05) is 16.7 Å². The third kappa shape index (κ3) is 4.26. The van der Waals surface area contributed by atoms with E-state index in [2.05, 4.69) is 17.4 Å². The largest absolute Gasteiger partial charge is 0.497 e. The highest BCUT2D eigenvalue weighted by atomic mass is 16.5. The lowest BCUT2D eigenvalue weighted by Gasteiger charge is -2.33. The maximum atomic E-state index is 13.9. The number of hydrogen-bond acceptors (Lipinski definition) is 3. The molecule has 1 unspecified atom stereocenters. The highest BCUT2D eigenvalue weighted by Gasteiger charge is 2.30. The molecule has 0 bridgehead atoms. The fourth-order valence-corrected chi connectivity index (χ4v) is 5.55. The highest BCUT2D eigenvalue weighted by molar-refractivity contribution is 5.81. The molecular weight excluding hydrogens is 376 g/mol. The SMILES string of the molecule is COc1ccc2cc(C3CCCC3)c(=O)n(C(CNC(C)=O)C3CCCCC3)c2c1. The number of hydrogen-bond donors (Lipinski definition) is 1. The van der Waals surface area contributed by atoms with E-state index in [9.17, 15) is 9.59 Å². The van der Waals surface area contributed by atoms with E-state index in [1.165, 1.54) is 32.1 Å². The zero-order valence-corrected chi connectivity index (χ0v) is 18.3. The summed E-state index contributed by atoms with van der Waals surface area (Å²) in [6, 6.07) is 8.11. The Bertz CT molecular complexity index is 953. The lowest BCUT2D eigenvalue weighted by atomic mass is 9.83. The summed E-state index contributed by atoms with van der Waals surface area (Å²) in [5.74, 6) is 1.46. The summed E-state index contributed by atoms with van der Waals surface area (Å²) in [5.41, 5.74) is 2.00. The van der Waals surface area contributed by atoms with Crippen LogP contribution in [0.3, 0.4) is 0 Å². The first-order valence-corrected chi connectivity index (χ1v) is 11.6. The van der Waals surface area contributed by atoms with Crippen LogP contribution >= 0.6 is 0 Å². The van der Waals surface area contributed by atoms with E-state index in [4.69, 9.17) is 4.74 Å². The Balaban J connectivity index is 1.89. The van der Waals surface area contributed by atoms with Gasteiger partial charge in [0, 0.05) is 25.1 Å². The first kappa shape index (κ1) is 21.0. The monoisotopic (exact) mass is 410 g/mol. The number of aromatic nitrogens is 1. The van der Waals surface area contributed by atoms with Gasteiger partial charge in [-0.3, -0.25) is 9.59 Å². The average Bonchev–Trinajstić information content (AvgIpc) is 3.29. The smallest absolute Gasteiger partial charge is 0.254 e. The van der Waals surface area contributed by atoms with E-state index in [0.717, 1.165) is 47.9 Å². The predicted octanol–water partition coefficient (Wildman–Crippen LogP) is 4.93. The third-order valence-corrected chi connectivity index (χ3v) is 7.15. The van der Waals surface area contributed by atoms with Crippen LogP contribution in [-0.2, 0) is 4.79 Å². The summed E-state index contributed by atoms with van der Waals surface area (Å²) in [7, 11) is 1.66. The second kappa shape index (κ2) is 9.23. The lowest BCUT2D eigenvalue weighted by molar-refractivity contribution is -0.119. The van der Waals surface area contributed by atoms with E-state index in [1.54, 1.807) is 14.0 Å². The lowest BCUT2D eigenvalue weighted by Crippen LogP contribution is -2.40. The van der Waals surface area contributed by atoms with Gasteiger partial charge in [0.15, 0.2) is 0 Å². The van der Waals surface area contributed by atoms with E-state index < -0.39 is 0 Å². The van der Waals surface area contributed by atoms with Crippen LogP contribution in [0.1, 0.15) is 82.2 Å². The quantitative estimate of drug-likeness (QED) is 0.735. The fourth-order valence-electron chi connectivity index (χ4n) is 5.55. The van der Waals surface area contributed by atoms with E-state index in [-0.39, 0.29) is 17.5 Å². The molecule has 1 aromatic heterocycles. The van der Waals surface area contributed by atoms with Crippen LogP contribution in [0, 0.1) is 5.92 Å². The maximum absolute atomic E-state index is 13.9. The molecule has 2 aliphatic carbocycles. The number of nitrogens with one attached hydrogen (secondary N) is 1. The molecule has 1 amide bonds. The summed E-state index contributed by atoms with van der Waals surface area (Å²) in [6.45, 7) is 2.05. The molecule has 1 atom stereocenters. The van der Waals surface area contributed by atoms with Crippen molar-refractivity contribution < 1.29 is 9.53 Å². The van der Waals surface area contributed by atoms with Crippen molar-refractivity contribution in [3.05, 3.63) is 40.2 Å². The molecule has 5 nitrogen and oxygen atoms in total. The third-order valence-electron chi connectivity index (χ3n) is 7.15. The van der Waals surface area contributed by atoms with Crippen molar-refractivity contribution in [3.8, 4) is 5.75 Å². The maximum Gasteiger partial charge on any atom is 0.254 e. The molecule has 2 saturated carbocycles. The van der Waals surface area contributed by atoms with Gasteiger partial charge in [-0.1, -0.05) is 32.1 Å². The normalized spacial score (nSPS) is 19.1. The number of benzene rings is 1. The molecule has 30 heavy (non-hydrogen) atoms. The van der Waals surface area contributed by atoms with Crippen LogP contribution in [-0.4, -0.2) is 24.1 Å². The van der Waals surface area contributed by atoms with Crippen LogP contribution in [0.5, 0.6) is 5.75 Å². The van der Waals surface area contributed by atoms with Gasteiger partial charge in [0.2, 0.25) is 5.91 Å². The Morgan fingerprint density at radius 1 is 1.10 bits per heavy atom. The number of methoxy groups -OCH3 is 1. The summed E-state index contributed by atoms with van der Waals surface area (Å²) in [5, 5.41) is 4.11. The molecule has 0 saturated heterocycles. The Labute approximate surface area is 178 Å². The summed E-state index contributed by atoms with van der Waals surface area (Å²) < 4.78 is 7.50. The molecule has 0 spiro atoms. The van der Waals surface area contributed by atoms with Gasteiger partial charge in [-0.05, 0) is 61.1 Å². The second-order valence-electron chi connectivity index (χ2n) is 9.08. The predicted molar refractivity (Wildman–Crippen MR) is 120 cm³/mol. The van der Waals surface area contributed by atoms with Gasteiger partial charge in [-0.15, -0.1) is 0 Å². The Morgan fingerprint density at radius 3 is 2.47 bits per heavy atom. The van der Waals surface area contributed by atoms with Gasteiger partial charge in [-0.2, -0.15) is 0 Å². The van der Waals surface area contributed by atoms with Gasteiger partial charge in [-0.25, -0.2) is 0 Å². The first-order chi connectivity index (χ1) is 14.6. The van der Waals surface area contributed by atoms with Gasteiger partial charge >= 0.3 is 0 Å². The Morgan fingerprint density at radius 2 is 1.80 bits per heavy atom. The van der Waals surface area contributed by atoms with Gasteiger partial charge in [0.05, 0.1) is 18.7 Å². The molecule has 1 N–H and O–H groups in total. The van der Waals surface area contributed by atoms with Crippen molar-refractivity contribution >= 4 is 16.8 Å². The number of nitrogens with zero attached hydrogens (tertiary/aromatic N) is 1. The molecule has 1 heterocycles. The number of carbonyl (C=O) groups excluding carboxylic acids is 1. The highest BCUT2D eigenvalue weighted by Crippen LogP contribution is 2.37. The number of rotatable bonds is 6. The summed E-state index contributed by atoms with van der Waals surface area (Å²) in [4.78, 5) is 25.7. The van der Waals surface area contributed by atoms with Crippen molar-refractivity contribution in [3.63, 3.8) is 0 Å².